The fourth-order valence-corrected chi connectivity index (χ4v) is 2.42. The fourth-order valence-electron chi connectivity index (χ4n) is 2.42. The molecule has 1 N–H and O–H groups in total. The normalized spacial score (nSPS) is 19.9. The van der Waals surface area contributed by atoms with E-state index in [2.05, 4.69) is 32.2 Å². The van der Waals surface area contributed by atoms with E-state index in [0.717, 1.165) is 31.1 Å². The van der Waals surface area contributed by atoms with E-state index in [1.807, 2.05) is 6.92 Å². The first-order valence-electron chi connectivity index (χ1n) is 7.96. The van der Waals surface area contributed by atoms with Crippen LogP contribution < -0.4 is 5.32 Å². The topological polar surface area (TPSA) is 43.6 Å². The Kier molecular flexibility index (Phi) is 5.85. The molecule has 1 aliphatic heterocycles. The second kappa shape index (κ2) is 7.43. The second-order valence-electron chi connectivity index (χ2n) is 6.90. The average molecular weight is 295 g/mol. The van der Waals surface area contributed by atoms with Crippen LogP contribution in [0.2, 0.25) is 0 Å². The molecule has 4 nitrogen and oxygen atoms in total. The number of furan rings is 1. The van der Waals surface area contributed by atoms with Crippen LogP contribution in [0.25, 0.3) is 0 Å². The van der Waals surface area contributed by atoms with Crippen LogP contribution in [0.1, 0.15) is 57.1 Å². The molecule has 0 saturated carbocycles. The zero-order valence-electron chi connectivity index (χ0n) is 13.8. The molecule has 1 saturated heterocycles. The van der Waals surface area contributed by atoms with Crippen molar-refractivity contribution < 1.29 is 13.9 Å². The minimum atomic E-state index is 0.110. The average Bonchev–Trinajstić information content (AvgIpc) is 2.77. The molecule has 1 fully saturated rings. The molecule has 0 aromatic carbocycles. The van der Waals surface area contributed by atoms with Crippen molar-refractivity contribution in [3.63, 3.8) is 0 Å². The van der Waals surface area contributed by atoms with Crippen LogP contribution in [0.3, 0.4) is 0 Å². The zero-order chi connectivity index (χ0) is 15.3. The van der Waals surface area contributed by atoms with E-state index < -0.39 is 0 Å². The van der Waals surface area contributed by atoms with Crippen molar-refractivity contribution in [1.29, 1.82) is 0 Å². The van der Waals surface area contributed by atoms with Gasteiger partial charge < -0.3 is 19.2 Å². The van der Waals surface area contributed by atoms with Gasteiger partial charge in [-0.1, -0.05) is 0 Å². The summed E-state index contributed by atoms with van der Waals surface area (Å²) in [6, 6.07) is 2.09. The highest BCUT2D eigenvalue weighted by Crippen LogP contribution is 2.18. The summed E-state index contributed by atoms with van der Waals surface area (Å²) in [6.07, 6.45) is 3.80. The maximum atomic E-state index is 5.76. The van der Waals surface area contributed by atoms with E-state index in [1.165, 1.54) is 18.4 Å². The molecule has 120 valence electrons. The molecule has 2 heterocycles. The lowest BCUT2D eigenvalue weighted by Gasteiger charge is -2.22. The van der Waals surface area contributed by atoms with E-state index in [4.69, 9.17) is 13.9 Å². The number of rotatable bonds is 6. The Morgan fingerprint density at radius 1 is 1.33 bits per heavy atom. The molecule has 1 aromatic rings. The predicted molar refractivity (Wildman–Crippen MR) is 83.3 cm³/mol. The van der Waals surface area contributed by atoms with Crippen LogP contribution in [-0.2, 0) is 22.6 Å². The van der Waals surface area contributed by atoms with Gasteiger partial charge in [0.25, 0.3) is 0 Å². The van der Waals surface area contributed by atoms with Crippen LogP contribution in [0.15, 0.2) is 10.5 Å². The Labute approximate surface area is 128 Å². The molecule has 0 bridgehead atoms. The Hall–Kier alpha value is -0.840. The number of hydrogen-bond donors (Lipinski definition) is 1. The molecular formula is C17H29NO3. The fraction of sp³-hybridized carbons (Fsp3) is 0.765. The summed E-state index contributed by atoms with van der Waals surface area (Å²) in [6.45, 7) is 11.4. The van der Waals surface area contributed by atoms with Gasteiger partial charge in [0.05, 0.1) is 12.7 Å². The smallest absolute Gasteiger partial charge is 0.130 e. The second-order valence-corrected chi connectivity index (χ2v) is 6.90. The Morgan fingerprint density at radius 2 is 2.14 bits per heavy atom. The van der Waals surface area contributed by atoms with Crippen LogP contribution in [0.4, 0.5) is 0 Å². The Bertz CT molecular complexity index is 428. The molecule has 0 aliphatic carbocycles. The largest absolute Gasteiger partial charge is 0.464 e. The minimum absolute atomic E-state index is 0.110. The predicted octanol–water partition coefficient (Wildman–Crippen LogP) is 3.56. The van der Waals surface area contributed by atoms with E-state index in [9.17, 15) is 0 Å². The van der Waals surface area contributed by atoms with Crippen LogP contribution >= 0.6 is 0 Å². The number of ether oxygens (including phenoxy) is 2. The third-order valence-electron chi connectivity index (χ3n) is 3.70. The van der Waals surface area contributed by atoms with Gasteiger partial charge in [0.2, 0.25) is 0 Å². The van der Waals surface area contributed by atoms with Crippen molar-refractivity contribution in [1.82, 2.24) is 5.32 Å². The molecular weight excluding hydrogens is 266 g/mol. The van der Waals surface area contributed by atoms with Gasteiger partial charge in [-0.15, -0.1) is 0 Å². The highest BCUT2D eigenvalue weighted by molar-refractivity contribution is 5.20. The lowest BCUT2D eigenvalue weighted by Crippen LogP contribution is -2.35. The summed E-state index contributed by atoms with van der Waals surface area (Å²) in [5.74, 6) is 1.87. The van der Waals surface area contributed by atoms with Crippen LogP contribution in [0, 0.1) is 6.92 Å². The molecule has 1 aromatic heterocycles. The molecule has 0 amide bonds. The Morgan fingerprint density at radius 3 is 2.81 bits per heavy atom. The maximum absolute atomic E-state index is 5.76. The molecule has 1 atom stereocenters. The van der Waals surface area contributed by atoms with E-state index in [0.29, 0.717) is 13.2 Å². The molecule has 4 heteroatoms. The standard InChI is InChI=1S/C17H29NO3/c1-13-14(10-18-17(2,3)4)9-16(21-13)12-19-11-15-7-5-6-8-20-15/h9,15,18H,5-8,10-12H2,1-4H3. The van der Waals surface area contributed by atoms with Gasteiger partial charge >= 0.3 is 0 Å². The molecule has 2 rings (SSSR count). The first-order chi connectivity index (χ1) is 9.94. The van der Waals surface area contributed by atoms with Gasteiger partial charge in [0, 0.05) is 24.3 Å². The third kappa shape index (κ3) is 5.81. The first-order valence-corrected chi connectivity index (χ1v) is 7.96. The van der Waals surface area contributed by atoms with Crippen molar-refractivity contribution >= 4 is 0 Å². The first kappa shape index (κ1) is 16.5. The highest BCUT2D eigenvalue weighted by Gasteiger charge is 2.15. The van der Waals surface area contributed by atoms with Crippen molar-refractivity contribution in [3.8, 4) is 0 Å². The van der Waals surface area contributed by atoms with Crippen molar-refractivity contribution in [3.05, 3.63) is 23.2 Å². The van der Waals surface area contributed by atoms with Crippen LogP contribution in [0.5, 0.6) is 0 Å². The molecule has 0 spiro atoms. The SMILES string of the molecule is Cc1oc(COCC2CCCCO2)cc1CNC(C)(C)C. The monoisotopic (exact) mass is 295 g/mol. The molecule has 21 heavy (non-hydrogen) atoms. The van der Waals surface area contributed by atoms with Gasteiger partial charge in [-0.25, -0.2) is 0 Å². The zero-order valence-corrected chi connectivity index (χ0v) is 13.8. The van der Waals surface area contributed by atoms with E-state index in [1.54, 1.807) is 0 Å². The summed E-state index contributed by atoms with van der Waals surface area (Å²) in [5.41, 5.74) is 1.32. The van der Waals surface area contributed by atoms with Crippen LogP contribution in [-0.4, -0.2) is 24.9 Å². The van der Waals surface area contributed by atoms with E-state index in [-0.39, 0.29) is 11.6 Å². The minimum Gasteiger partial charge on any atom is -0.464 e. The number of nitrogens with one attached hydrogen (secondary N) is 1. The third-order valence-corrected chi connectivity index (χ3v) is 3.70. The van der Waals surface area contributed by atoms with Gasteiger partial charge in [-0.3, -0.25) is 0 Å². The summed E-state index contributed by atoms with van der Waals surface area (Å²) in [7, 11) is 0. The summed E-state index contributed by atoms with van der Waals surface area (Å²) in [4.78, 5) is 0. The summed E-state index contributed by atoms with van der Waals surface area (Å²) >= 11 is 0. The maximum Gasteiger partial charge on any atom is 0.130 e. The van der Waals surface area contributed by atoms with Crippen molar-refractivity contribution in [2.24, 2.45) is 0 Å². The lowest BCUT2D eigenvalue weighted by molar-refractivity contribution is -0.0472. The highest BCUT2D eigenvalue weighted by atomic mass is 16.5. The van der Waals surface area contributed by atoms with Gasteiger partial charge in [-0.2, -0.15) is 0 Å². The van der Waals surface area contributed by atoms with Gasteiger partial charge in [0.15, 0.2) is 0 Å². The number of hydrogen-bond acceptors (Lipinski definition) is 4. The van der Waals surface area contributed by atoms with Gasteiger partial charge in [-0.05, 0) is 53.0 Å². The molecule has 1 aliphatic rings. The van der Waals surface area contributed by atoms with Gasteiger partial charge in [0.1, 0.15) is 18.1 Å². The summed E-state index contributed by atoms with van der Waals surface area (Å²) < 4.78 is 17.2. The van der Waals surface area contributed by atoms with Crippen molar-refractivity contribution in [2.45, 2.75) is 71.8 Å². The molecule has 0 radical (unpaired) electrons. The van der Waals surface area contributed by atoms with Crippen molar-refractivity contribution in [2.75, 3.05) is 13.2 Å². The number of aryl methyl sites for hydroxylation is 1. The lowest BCUT2D eigenvalue weighted by atomic mass is 10.1. The quantitative estimate of drug-likeness (QED) is 0.871. The molecule has 1 unspecified atom stereocenters. The summed E-state index contributed by atoms with van der Waals surface area (Å²) in [5, 5.41) is 3.48. The Balaban J connectivity index is 1.76. The van der Waals surface area contributed by atoms with E-state index >= 15 is 0 Å².